The van der Waals surface area contributed by atoms with Gasteiger partial charge in [0.1, 0.15) is 5.01 Å². The molecule has 2 fully saturated rings. The molecule has 3 rings (SSSR count). The van der Waals surface area contributed by atoms with Crippen molar-refractivity contribution in [3.8, 4) is 0 Å². The van der Waals surface area contributed by atoms with Crippen LogP contribution < -0.4 is 5.73 Å². The van der Waals surface area contributed by atoms with Crippen molar-refractivity contribution >= 4 is 11.3 Å². The van der Waals surface area contributed by atoms with E-state index in [1.54, 1.807) is 0 Å². The van der Waals surface area contributed by atoms with Crippen molar-refractivity contribution in [2.45, 2.75) is 45.7 Å². The summed E-state index contributed by atoms with van der Waals surface area (Å²) in [5.74, 6) is 1.58. The quantitative estimate of drug-likeness (QED) is 0.892. The van der Waals surface area contributed by atoms with Gasteiger partial charge in [0.25, 0.3) is 0 Å². The summed E-state index contributed by atoms with van der Waals surface area (Å²) in [6.07, 6.45) is 3.93. The highest BCUT2D eigenvalue weighted by atomic mass is 32.1. The van der Waals surface area contributed by atoms with E-state index in [-0.39, 0.29) is 0 Å². The lowest BCUT2D eigenvalue weighted by molar-refractivity contribution is 0.259. The van der Waals surface area contributed by atoms with Crippen molar-refractivity contribution in [3.63, 3.8) is 0 Å². The van der Waals surface area contributed by atoms with Gasteiger partial charge in [0.2, 0.25) is 0 Å². The summed E-state index contributed by atoms with van der Waals surface area (Å²) in [5.41, 5.74) is 7.46. The molecular formula is C14H23N3S. The molecule has 3 atom stereocenters. The molecular weight excluding hydrogens is 242 g/mol. The van der Waals surface area contributed by atoms with Gasteiger partial charge in [-0.25, -0.2) is 4.98 Å². The minimum atomic E-state index is 0.438. The van der Waals surface area contributed by atoms with E-state index in [0.717, 1.165) is 18.4 Å². The second kappa shape index (κ2) is 4.91. The van der Waals surface area contributed by atoms with Gasteiger partial charge in [-0.15, -0.1) is 11.3 Å². The van der Waals surface area contributed by atoms with Gasteiger partial charge in [0, 0.05) is 24.0 Å². The van der Waals surface area contributed by atoms with E-state index in [2.05, 4.69) is 23.7 Å². The number of aromatic nitrogens is 1. The molecule has 0 aromatic carbocycles. The van der Waals surface area contributed by atoms with Crippen LogP contribution in [0.1, 0.15) is 34.8 Å². The Morgan fingerprint density at radius 3 is 2.83 bits per heavy atom. The third-order valence-corrected chi connectivity index (χ3v) is 5.72. The van der Waals surface area contributed by atoms with E-state index in [1.165, 1.54) is 47.9 Å². The van der Waals surface area contributed by atoms with E-state index in [9.17, 15) is 0 Å². The van der Waals surface area contributed by atoms with Gasteiger partial charge < -0.3 is 5.73 Å². The fourth-order valence-electron chi connectivity index (χ4n) is 3.54. The molecule has 2 aliphatic rings. The zero-order valence-electron chi connectivity index (χ0n) is 11.4. The zero-order chi connectivity index (χ0) is 12.7. The van der Waals surface area contributed by atoms with E-state index in [0.29, 0.717) is 6.04 Å². The molecule has 0 radical (unpaired) electrons. The lowest BCUT2D eigenvalue weighted by atomic mass is 9.78. The zero-order valence-corrected chi connectivity index (χ0v) is 12.2. The average molecular weight is 265 g/mol. The Hall–Kier alpha value is -0.450. The standard InChI is InChI=1S/C14H23N3S/c1-9-10(2)18-14(16-9)8-17-6-11-4-3-5-13(15)12(11)7-17/h11-13H,3-8,15H2,1-2H3. The van der Waals surface area contributed by atoms with Gasteiger partial charge in [-0.1, -0.05) is 6.42 Å². The number of likely N-dealkylation sites (tertiary alicyclic amines) is 1. The maximum Gasteiger partial charge on any atom is 0.107 e. The molecule has 3 nitrogen and oxygen atoms in total. The smallest absolute Gasteiger partial charge is 0.107 e. The summed E-state index contributed by atoms with van der Waals surface area (Å²) in [6, 6.07) is 0.438. The molecule has 2 heterocycles. The van der Waals surface area contributed by atoms with Crippen molar-refractivity contribution in [2.75, 3.05) is 13.1 Å². The number of nitrogens with zero attached hydrogens (tertiary/aromatic N) is 2. The van der Waals surface area contributed by atoms with Gasteiger partial charge in [-0.2, -0.15) is 0 Å². The fraction of sp³-hybridized carbons (Fsp3) is 0.786. The molecule has 0 bridgehead atoms. The third-order valence-electron chi connectivity index (χ3n) is 4.66. The molecule has 1 aliphatic heterocycles. The molecule has 1 aromatic rings. The van der Waals surface area contributed by atoms with E-state index in [1.807, 2.05) is 11.3 Å². The number of hydrogen-bond donors (Lipinski definition) is 1. The molecule has 18 heavy (non-hydrogen) atoms. The van der Waals surface area contributed by atoms with Crippen LogP contribution in [0, 0.1) is 25.7 Å². The number of thiazole rings is 1. The topological polar surface area (TPSA) is 42.2 Å². The maximum atomic E-state index is 6.26. The monoisotopic (exact) mass is 265 g/mol. The van der Waals surface area contributed by atoms with Crippen LogP contribution in [-0.4, -0.2) is 29.0 Å². The SMILES string of the molecule is Cc1nc(CN2CC3CCCC(N)C3C2)sc1C. The van der Waals surface area contributed by atoms with Crippen LogP contribution in [-0.2, 0) is 6.54 Å². The fourth-order valence-corrected chi connectivity index (χ4v) is 4.51. The van der Waals surface area contributed by atoms with Crippen LogP contribution in [0.3, 0.4) is 0 Å². The summed E-state index contributed by atoms with van der Waals surface area (Å²) < 4.78 is 0. The van der Waals surface area contributed by atoms with Crippen molar-refractivity contribution in [1.29, 1.82) is 0 Å². The van der Waals surface area contributed by atoms with E-state index < -0.39 is 0 Å². The van der Waals surface area contributed by atoms with Gasteiger partial charge in [-0.3, -0.25) is 4.90 Å². The molecule has 0 spiro atoms. The number of rotatable bonds is 2. The number of nitrogens with two attached hydrogens (primary N) is 1. The normalized spacial score (nSPS) is 32.7. The maximum absolute atomic E-state index is 6.26. The first-order valence-electron chi connectivity index (χ1n) is 7.04. The lowest BCUT2D eigenvalue weighted by Crippen LogP contribution is -2.38. The molecule has 3 unspecified atom stereocenters. The minimum Gasteiger partial charge on any atom is -0.327 e. The molecule has 1 aromatic heterocycles. The van der Waals surface area contributed by atoms with Crippen molar-refractivity contribution < 1.29 is 0 Å². The summed E-state index contributed by atoms with van der Waals surface area (Å²) in [7, 11) is 0. The summed E-state index contributed by atoms with van der Waals surface area (Å²) in [5, 5.41) is 1.28. The highest BCUT2D eigenvalue weighted by molar-refractivity contribution is 7.11. The van der Waals surface area contributed by atoms with Gasteiger partial charge in [0.05, 0.1) is 12.2 Å². The predicted octanol–water partition coefficient (Wildman–Crippen LogP) is 2.32. The molecule has 1 saturated heterocycles. The first kappa shape index (κ1) is 12.6. The highest BCUT2D eigenvalue weighted by Gasteiger charge is 2.38. The van der Waals surface area contributed by atoms with Gasteiger partial charge in [-0.05, 0) is 38.5 Å². The Morgan fingerprint density at radius 2 is 2.17 bits per heavy atom. The van der Waals surface area contributed by atoms with Crippen molar-refractivity contribution in [2.24, 2.45) is 17.6 Å². The average Bonchev–Trinajstić information content (AvgIpc) is 2.85. The summed E-state index contributed by atoms with van der Waals surface area (Å²) >= 11 is 1.85. The van der Waals surface area contributed by atoms with Crippen LogP contribution in [0.25, 0.3) is 0 Å². The number of hydrogen-bond acceptors (Lipinski definition) is 4. The molecule has 4 heteroatoms. The number of fused-ring (bicyclic) bond motifs is 1. The van der Waals surface area contributed by atoms with Crippen molar-refractivity contribution in [1.82, 2.24) is 9.88 Å². The first-order chi connectivity index (χ1) is 8.63. The second-order valence-electron chi connectivity index (χ2n) is 5.96. The Balaban J connectivity index is 1.65. The van der Waals surface area contributed by atoms with Crippen LogP contribution in [0.4, 0.5) is 0 Å². The van der Waals surface area contributed by atoms with Gasteiger partial charge in [0.15, 0.2) is 0 Å². The largest absolute Gasteiger partial charge is 0.327 e. The van der Waals surface area contributed by atoms with Crippen LogP contribution in [0.5, 0.6) is 0 Å². The lowest BCUT2D eigenvalue weighted by Gasteiger charge is -2.29. The highest BCUT2D eigenvalue weighted by Crippen LogP contribution is 2.36. The summed E-state index contributed by atoms with van der Waals surface area (Å²) in [4.78, 5) is 8.58. The van der Waals surface area contributed by atoms with Gasteiger partial charge >= 0.3 is 0 Å². The second-order valence-corrected chi connectivity index (χ2v) is 7.25. The molecule has 100 valence electrons. The Bertz CT molecular complexity index is 409. The predicted molar refractivity (Wildman–Crippen MR) is 75.7 cm³/mol. The van der Waals surface area contributed by atoms with E-state index in [4.69, 9.17) is 5.73 Å². The Morgan fingerprint density at radius 1 is 1.33 bits per heavy atom. The molecule has 2 N–H and O–H groups in total. The number of aryl methyl sites for hydroxylation is 2. The van der Waals surface area contributed by atoms with Crippen LogP contribution >= 0.6 is 11.3 Å². The molecule has 1 saturated carbocycles. The third kappa shape index (κ3) is 2.33. The minimum absolute atomic E-state index is 0.438. The summed E-state index contributed by atoms with van der Waals surface area (Å²) in [6.45, 7) is 7.71. The van der Waals surface area contributed by atoms with Crippen molar-refractivity contribution in [3.05, 3.63) is 15.6 Å². The van der Waals surface area contributed by atoms with Crippen LogP contribution in [0.2, 0.25) is 0 Å². The molecule has 1 aliphatic carbocycles. The van der Waals surface area contributed by atoms with E-state index >= 15 is 0 Å². The first-order valence-corrected chi connectivity index (χ1v) is 7.86. The van der Waals surface area contributed by atoms with Crippen LogP contribution in [0.15, 0.2) is 0 Å². The molecule has 0 amide bonds. The Kier molecular flexibility index (Phi) is 3.43. The Labute approximate surface area is 113 Å².